The third kappa shape index (κ3) is 2.44. The van der Waals surface area contributed by atoms with E-state index in [1.54, 1.807) is 48.5 Å². The monoisotopic (exact) mass is 317 g/mol. The lowest BCUT2D eigenvalue weighted by Crippen LogP contribution is -2.10. The molecular weight excluding hydrogens is 306 g/mol. The predicted octanol–water partition coefficient (Wildman–Crippen LogP) is 3.42. The van der Waals surface area contributed by atoms with E-state index < -0.39 is 21.0 Å². The molecule has 106 valence electrons. The molecule has 2 aromatic carbocycles. The molecule has 0 aromatic heterocycles. The van der Waals surface area contributed by atoms with Crippen molar-refractivity contribution in [2.45, 2.75) is 16.1 Å². The van der Waals surface area contributed by atoms with Crippen LogP contribution in [0.4, 0.5) is 0 Å². The molecule has 5 heteroatoms. The van der Waals surface area contributed by atoms with Crippen LogP contribution in [0.5, 0.6) is 0 Å². The summed E-state index contributed by atoms with van der Waals surface area (Å²) in [5.41, 5.74) is 0.804. The van der Waals surface area contributed by atoms with Crippen LogP contribution in [-0.4, -0.2) is 13.7 Å². The van der Waals surface area contributed by atoms with Gasteiger partial charge in [-0.15, -0.1) is 0 Å². The number of hydrogen-bond acceptors (Lipinski definition) is 3. The zero-order chi connectivity index (χ0) is 15.0. The van der Waals surface area contributed by atoms with E-state index in [1.165, 1.54) is 0 Å². The van der Waals surface area contributed by atoms with Crippen LogP contribution in [0.25, 0.3) is 0 Å². The topological polar surface area (TPSA) is 57.9 Å². The molecule has 3 nitrogen and oxygen atoms in total. The van der Waals surface area contributed by atoms with Crippen LogP contribution in [0.1, 0.15) is 11.5 Å². The van der Waals surface area contributed by atoms with E-state index in [2.05, 4.69) is 6.07 Å². The molecular formula is C16H12ClNO2S. The van der Waals surface area contributed by atoms with Gasteiger partial charge in [-0.25, -0.2) is 8.42 Å². The summed E-state index contributed by atoms with van der Waals surface area (Å²) in [7, 11) is -3.50. The summed E-state index contributed by atoms with van der Waals surface area (Å²) in [5, 5.41) is 9.10. The summed E-state index contributed by atoms with van der Waals surface area (Å²) in [4.78, 5) is 0.264. The molecule has 1 aliphatic rings. The molecule has 0 heterocycles. The Balaban J connectivity index is 1.99. The zero-order valence-corrected chi connectivity index (χ0v) is 12.6. The van der Waals surface area contributed by atoms with Gasteiger partial charge in [0.15, 0.2) is 9.84 Å². The zero-order valence-electron chi connectivity index (χ0n) is 11.0. The van der Waals surface area contributed by atoms with E-state index in [-0.39, 0.29) is 10.8 Å². The minimum absolute atomic E-state index is 0.264. The highest BCUT2D eigenvalue weighted by Gasteiger charge is 2.59. The lowest BCUT2D eigenvalue weighted by Gasteiger charge is -2.04. The normalized spacial score (nSPS) is 24.3. The number of benzene rings is 2. The van der Waals surface area contributed by atoms with E-state index in [0.717, 1.165) is 5.56 Å². The van der Waals surface area contributed by atoms with Gasteiger partial charge in [0.05, 0.1) is 22.1 Å². The molecule has 2 aromatic rings. The summed E-state index contributed by atoms with van der Waals surface area (Å²) in [5.74, 6) is -0.826. The molecule has 0 saturated heterocycles. The van der Waals surface area contributed by atoms with Crippen molar-refractivity contribution in [2.24, 2.45) is 5.92 Å². The van der Waals surface area contributed by atoms with Gasteiger partial charge in [0.1, 0.15) is 0 Å². The third-order valence-corrected chi connectivity index (χ3v) is 6.23. The maximum absolute atomic E-state index is 12.6. The van der Waals surface area contributed by atoms with Gasteiger partial charge in [-0.3, -0.25) is 0 Å². The largest absolute Gasteiger partial charge is 0.223 e. The number of hydrogen-bond donors (Lipinski definition) is 0. The summed E-state index contributed by atoms with van der Waals surface area (Å²) < 4.78 is 25.3. The summed E-state index contributed by atoms with van der Waals surface area (Å²) in [6.45, 7) is 0. The summed E-state index contributed by atoms with van der Waals surface area (Å²) in [6.07, 6.45) is 0. The van der Waals surface area contributed by atoms with E-state index in [9.17, 15) is 13.7 Å². The highest BCUT2D eigenvalue weighted by molar-refractivity contribution is 7.92. The maximum atomic E-state index is 12.6. The lowest BCUT2D eigenvalue weighted by molar-refractivity contribution is 0.593. The number of nitrogens with zero attached hydrogens (tertiary/aromatic N) is 1. The Labute approximate surface area is 128 Å². The van der Waals surface area contributed by atoms with Crippen molar-refractivity contribution >= 4 is 21.4 Å². The van der Waals surface area contributed by atoms with Gasteiger partial charge >= 0.3 is 0 Å². The summed E-state index contributed by atoms with van der Waals surface area (Å²) in [6, 6.07) is 17.4. The second kappa shape index (κ2) is 5.18. The van der Waals surface area contributed by atoms with E-state index >= 15 is 0 Å². The van der Waals surface area contributed by atoms with Crippen LogP contribution >= 0.6 is 11.6 Å². The molecule has 0 N–H and O–H groups in total. The number of sulfone groups is 1. The fourth-order valence-corrected chi connectivity index (χ4v) is 4.99. The minimum Gasteiger partial charge on any atom is -0.223 e. The Morgan fingerprint density at radius 3 is 2.38 bits per heavy atom. The Morgan fingerprint density at radius 1 is 1.05 bits per heavy atom. The van der Waals surface area contributed by atoms with Gasteiger partial charge in [-0.2, -0.15) is 5.26 Å². The van der Waals surface area contributed by atoms with Gasteiger partial charge in [-0.05, 0) is 29.8 Å². The molecule has 0 amide bonds. The van der Waals surface area contributed by atoms with Crippen LogP contribution in [-0.2, 0) is 9.84 Å². The first-order valence-electron chi connectivity index (χ1n) is 6.50. The van der Waals surface area contributed by atoms with Crippen LogP contribution in [0, 0.1) is 17.2 Å². The van der Waals surface area contributed by atoms with Crippen LogP contribution in [0.15, 0.2) is 59.5 Å². The standard InChI is InChI=1S/C16H12ClNO2S/c17-12-6-4-5-11(9-12)15-14(10-18)16(15)21(19,20)13-7-2-1-3-8-13/h1-9,14-16H/t14-,15+,16+/m0/s1. The van der Waals surface area contributed by atoms with Crippen molar-refractivity contribution in [3.05, 3.63) is 65.2 Å². The molecule has 3 atom stereocenters. The van der Waals surface area contributed by atoms with Gasteiger partial charge in [0.25, 0.3) is 0 Å². The quantitative estimate of drug-likeness (QED) is 0.871. The van der Waals surface area contributed by atoms with Crippen molar-refractivity contribution in [1.29, 1.82) is 5.26 Å². The molecule has 0 unspecified atom stereocenters. The smallest absolute Gasteiger partial charge is 0.183 e. The highest BCUT2D eigenvalue weighted by atomic mass is 35.5. The minimum atomic E-state index is -3.50. The van der Waals surface area contributed by atoms with Crippen LogP contribution in [0.3, 0.4) is 0 Å². The van der Waals surface area contributed by atoms with Gasteiger partial charge < -0.3 is 0 Å². The maximum Gasteiger partial charge on any atom is 0.183 e. The first-order valence-corrected chi connectivity index (χ1v) is 8.42. The van der Waals surface area contributed by atoms with Crippen molar-refractivity contribution < 1.29 is 8.42 Å². The van der Waals surface area contributed by atoms with Crippen molar-refractivity contribution in [3.63, 3.8) is 0 Å². The molecule has 0 bridgehead atoms. The Bertz CT molecular complexity index is 812. The average molecular weight is 318 g/mol. The molecule has 0 aliphatic heterocycles. The van der Waals surface area contributed by atoms with E-state index in [4.69, 9.17) is 11.6 Å². The Morgan fingerprint density at radius 2 is 1.76 bits per heavy atom. The molecule has 3 rings (SSSR count). The fourth-order valence-electron chi connectivity index (χ4n) is 2.70. The van der Waals surface area contributed by atoms with Crippen molar-refractivity contribution in [1.82, 2.24) is 0 Å². The van der Waals surface area contributed by atoms with Gasteiger partial charge in [-0.1, -0.05) is 41.9 Å². The fraction of sp³-hybridized carbons (Fsp3) is 0.188. The Kier molecular flexibility index (Phi) is 3.48. The van der Waals surface area contributed by atoms with Crippen molar-refractivity contribution in [3.8, 4) is 6.07 Å². The van der Waals surface area contributed by atoms with Crippen LogP contribution < -0.4 is 0 Å². The molecule has 0 spiro atoms. The van der Waals surface area contributed by atoms with Gasteiger partial charge in [0.2, 0.25) is 0 Å². The number of nitriles is 1. The van der Waals surface area contributed by atoms with E-state index in [0.29, 0.717) is 5.02 Å². The number of halogens is 1. The van der Waals surface area contributed by atoms with E-state index in [1.807, 2.05) is 6.07 Å². The Hall–Kier alpha value is -1.83. The lowest BCUT2D eigenvalue weighted by atomic mass is 10.1. The number of rotatable bonds is 3. The first kappa shape index (κ1) is 14.1. The highest BCUT2D eigenvalue weighted by Crippen LogP contribution is 2.53. The van der Waals surface area contributed by atoms with Crippen LogP contribution in [0.2, 0.25) is 5.02 Å². The second-order valence-electron chi connectivity index (χ2n) is 5.06. The first-order chi connectivity index (χ1) is 10.1. The average Bonchev–Trinajstić information content (AvgIpc) is 3.23. The molecule has 0 radical (unpaired) electrons. The van der Waals surface area contributed by atoms with Crippen molar-refractivity contribution in [2.75, 3.05) is 0 Å². The SMILES string of the molecule is N#C[C@H]1[C@@H](c2cccc(Cl)c2)[C@@H]1S(=O)(=O)c1ccccc1. The van der Waals surface area contributed by atoms with Gasteiger partial charge in [0, 0.05) is 10.9 Å². The predicted molar refractivity (Wildman–Crippen MR) is 80.7 cm³/mol. The summed E-state index contributed by atoms with van der Waals surface area (Å²) >= 11 is 5.95. The molecule has 1 fully saturated rings. The molecule has 21 heavy (non-hydrogen) atoms. The third-order valence-electron chi connectivity index (χ3n) is 3.77. The molecule has 1 aliphatic carbocycles. The second-order valence-corrected chi connectivity index (χ2v) is 7.60. The molecule has 1 saturated carbocycles.